The van der Waals surface area contributed by atoms with Crippen LogP contribution >= 0.6 is 11.3 Å². The SMILES string of the molecule is COc1cccc(CNc2cnc(S(=O)(=O)Nc3nc(-c4ccc(F)c(F)c4)c(C#N)s3)c(C)c2)c1O. The van der Waals surface area contributed by atoms with Crippen LogP contribution in [-0.4, -0.2) is 30.6 Å². The molecule has 0 aliphatic rings. The molecule has 4 aromatic rings. The summed E-state index contributed by atoms with van der Waals surface area (Å²) < 4.78 is 60.3. The van der Waals surface area contributed by atoms with Gasteiger partial charge in [0.25, 0.3) is 10.0 Å². The van der Waals surface area contributed by atoms with Crippen LogP contribution in [0.1, 0.15) is 16.0 Å². The number of thiazole rings is 1. The van der Waals surface area contributed by atoms with Crippen LogP contribution in [0.5, 0.6) is 11.5 Å². The van der Waals surface area contributed by atoms with Gasteiger partial charge >= 0.3 is 0 Å². The number of nitrogens with one attached hydrogen (secondary N) is 2. The predicted octanol–water partition coefficient (Wildman–Crippen LogP) is 4.79. The second-order valence-electron chi connectivity index (χ2n) is 7.71. The second kappa shape index (κ2) is 10.4. The molecular formula is C24H19F2N5O4S2. The van der Waals surface area contributed by atoms with Crippen molar-refractivity contribution in [1.82, 2.24) is 9.97 Å². The summed E-state index contributed by atoms with van der Waals surface area (Å²) in [6.45, 7) is 1.79. The molecule has 2 aromatic heterocycles. The van der Waals surface area contributed by atoms with Crippen molar-refractivity contribution >= 4 is 32.2 Å². The van der Waals surface area contributed by atoms with Crippen molar-refractivity contribution in [2.24, 2.45) is 0 Å². The third-order valence-electron chi connectivity index (χ3n) is 5.21. The van der Waals surface area contributed by atoms with Gasteiger partial charge in [0.1, 0.15) is 16.6 Å². The fraction of sp³-hybridized carbons (Fsp3) is 0.125. The van der Waals surface area contributed by atoms with Crippen LogP contribution < -0.4 is 14.8 Å². The van der Waals surface area contributed by atoms with Crippen LogP contribution in [-0.2, 0) is 16.6 Å². The van der Waals surface area contributed by atoms with Crippen LogP contribution in [0, 0.1) is 29.9 Å². The molecule has 4 rings (SSSR count). The molecule has 0 aliphatic carbocycles. The first kappa shape index (κ1) is 25.8. The molecule has 9 nitrogen and oxygen atoms in total. The van der Waals surface area contributed by atoms with Gasteiger partial charge in [0.15, 0.2) is 33.3 Å². The number of benzene rings is 2. The molecule has 0 spiro atoms. The fourth-order valence-electron chi connectivity index (χ4n) is 3.45. The number of anilines is 2. The molecular weight excluding hydrogens is 524 g/mol. The summed E-state index contributed by atoms with van der Waals surface area (Å²) in [5, 5.41) is 22.3. The van der Waals surface area contributed by atoms with E-state index in [0.717, 1.165) is 23.5 Å². The highest BCUT2D eigenvalue weighted by Gasteiger charge is 2.23. The maximum absolute atomic E-state index is 13.7. The van der Waals surface area contributed by atoms with E-state index in [-0.39, 0.29) is 38.6 Å². The van der Waals surface area contributed by atoms with Crippen LogP contribution in [0.15, 0.2) is 53.7 Å². The Hall–Kier alpha value is -4.28. The Labute approximate surface area is 215 Å². The van der Waals surface area contributed by atoms with Gasteiger partial charge in [-0.1, -0.05) is 23.5 Å². The Bertz CT molecular complexity index is 1630. The number of hydrogen-bond acceptors (Lipinski definition) is 9. The van der Waals surface area contributed by atoms with Gasteiger partial charge in [-0.25, -0.2) is 18.7 Å². The Morgan fingerprint density at radius 1 is 1.19 bits per heavy atom. The van der Waals surface area contributed by atoms with E-state index < -0.39 is 21.7 Å². The van der Waals surface area contributed by atoms with Gasteiger partial charge in [-0.05, 0) is 42.8 Å². The molecule has 190 valence electrons. The number of ether oxygens (including phenoxy) is 1. The van der Waals surface area contributed by atoms with Crippen molar-refractivity contribution in [1.29, 1.82) is 5.26 Å². The van der Waals surface area contributed by atoms with Crippen molar-refractivity contribution in [3.63, 3.8) is 0 Å². The van der Waals surface area contributed by atoms with E-state index in [4.69, 9.17) is 4.74 Å². The van der Waals surface area contributed by atoms with Crippen molar-refractivity contribution in [3.05, 3.63) is 76.3 Å². The Morgan fingerprint density at radius 2 is 1.97 bits per heavy atom. The van der Waals surface area contributed by atoms with E-state index in [9.17, 15) is 27.6 Å². The number of para-hydroxylation sites is 1. The number of rotatable bonds is 8. The highest BCUT2D eigenvalue weighted by molar-refractivity contribution is 7.92. The molecule has 0 unspecified atom stereocenters. The Balaban J connectivity index is 1.54. The maximum atomic E-state index is 13.7. The van der Waals surface area contributed by atoms with Crippen molar-refractivity contribution in [3.8, 4) is 28.8 Å². The lowest BCUT2D eigenvalue weighted by molar-refractivity contribution is 0.371. The third kappa shape index (κ3) is 5.45. The number of sulfonamides is 1. The number of aryl methyl sites for hydroxylation is 1. The smallest absolute Gasteiger partial charge is 0.281 e. The molecule has 37 heavy (non-hydrogen) atoms. The van der Waals surface area contributed by atoms with Crippen molar-refractivity contribution < 1.29 is 27.0 Å². The minimum Gasteiger partial charge on any atom is -0.504 e. The lowest BCUT2D eigenvalue weighted by Gasteiger charge is -2.12. The largest absolute Gasteiger partial charge is 0.504 e. The summed E-state index contributed by atoms with van der Waals surface area (Å²) in [6.07, 6.45) is 1.33. The summed E-state index contributed by atoms with van der Waals surface area (Å²) in [5.41, 5.74) is 1.56. The predicted molar refractivity (Wildman–Crippen MR) is 134 cm³/mol. The van der Waals surface area contributed by atoms with Gasteiger partial charge < -0.3 is 15.2 Å². The van der Waals surface area contributed by atoms with E-state index in [0.29, 0.717) is 22.6 Å². The van der Waals surface area contributed by atoms with Crippen LogP contribution in [0.3, 0.4) is 0 Å². The van der Waals surface area contributed by atoms with E-state index in [1.807, 2.05) is 6.07 Å². The second-order valence-corrected chi connectivity index (χ2v) is 10.3. The molecule has 13 heteroatoms. The molecule has 0 saturated carbocycles. The number of aromatic nitrogens is 2. The number of phenolic OH excluding ortho intramolecular Hbond substituents is 1. The number of hydrogen-bond donors (Lipinski definition) is 3. The molecule has 0 aliphatic heterocycles. The van der Waals surface area contributed by atoms with E-state index in [1.54, 1.807) is 31.2 Å². The maximum Gasteiger partial charge on any atom is 0.281 e. The number of phenols is 1. The van der Waals surface area contributed by atoms with Gasteiger partial charge in [-0.3, -0.25) is 4.72 Å². The van der Waals surface area contributed by atoms with Crippen LogP contribution in [0.2, 0.25) is 0 Å². The average Bonchev–Trinajstić information content (AvgIpc) is 3.27. The van der Waals surface area contributed by atoms with Crippen molar-refractivity contribution in [2.45, 2.75) is 18.5 Å². The highest BCUT2D eigenvalue weighted by Crippen LogP contribution is 2.33. The summed E-state index contributed by atoms with van der Waals surface area (Å²) in [4.78, 5) is 8.19. The van der Waals surface area contributed by atoms with Gasteiger partial charge in [0.05, 0.1) is 19.0 Å². The molecule has 0 fully saturated rings. The highest BCUT2D eigenvalue weighted by atomic mass is 32.2. The monoisotopic (exact) mass is 543 g/mol. The molecule has 2 heterocycles. The summed E-state index contributed by atoms with van der Waals surface area (Å²) in [5.74, 6) is -1.85. The first-order valence-electron chi connectivity index (χ1n) is 10.6. The zero-order valence-corrected chi connectivity index (χ0v) is 21.0. The normalized spacial score (nSPS) is 11.1. The van der Waals surface area contributed by atoms with Gasteiger partial charge in [-0.2, -0.15) is 13.7 Å². The third-order valence-corrected chi connectivity index (χ3v) is 7.62. The Morgan fingerprint density at radius 3 is 2.65 bits per heavy atom. The Kier molecular flexibility index (Phi) is 7.23. The minimum absolute atomic E-state index is 0.00601. The number of nitriles is 1. The fourth-order valence-corrected chi connectivity index (χ4v) is 5.63. The summed E-state index contributed by atoms with van der Waals surface area (Å²) in [6, 6.07) is 11.6. The lowest BCUT2D eigenvalue weighted by atomic mass is 10.1. The standard InChI is InChI=1S/C24H19F2N5O4S2/c1-13-8-16(28-11-15-4-3-5-19(35-2)22(15)32)12-29-23(13)37(33,34)31-24-30-21(20(10-27)36-24)14-6-7-17(25)18(26)9-14/h3-9,12,28,32H,11H2,1-2H3,(H,30,31). The first-order valence-corrected chi connectivity index (χ1v) is 12.9. The summed E-state index contributed by atoms with van der Waals surface area (Å²) in [7, 11) is -2.75. The molecule has 0 atom stereocenters. The molecule has 2 aromatic carbocycles. The first-order chi connectivity index (χ1) is 17.6. The van der Waals surface area contributed by atoms with E-state index in [2.05, 4.69) is 20.0 Å². The molecule has 0 saturated heterocycles. The number of halogens is 2. The zero-order valence-electron chi connectivity index (χ0n) is 19.4. The average molecular weight is 544 g/mol. The lowest BCUT2D eigenvalue weighted by Crippen LogP contribution is -2.16. The van der Waals surface area contributed by atoms with Crippen LogP contribution in [0.25, 0.3) is 11.3 Å². The number of methoxy groups -OCH3 is 1. The number of aromatic hydroxyl groups is 1. The van der Waals surface area contributed by atoms with Gasteiger partial charge in [-0.15, -0.1) is 0 Å². The van der Waals surface area contributed by atoms with Gasteiger partial charge in [0.2, 0.25) is 0 Å². The molecule has 0 amide bonds. The van der Waals surface area contributed by atoms with Gasteiger partial charge in [0, 0.05) is 17.7 Å². The minimum atomic E-state index is -4.19. The molecule has 3 N–H and O–H groups in total. The zero-order chi connectivity index (χ0) is 26.7. The molecule has 0 bridgehead atoms. The topological polar surface area (TPSA) is 137 Å². The van der Waals surface area contributed by atoms with Crippen LogP contribution in [0.4, 0.5) is 19.6 Å². The quantitative estimate of drug-likeness (QED) is 0.289. The molecule has 0 radical (unpaired) electrons. The van der Waals surface area contributed by atoms with E-state index in [1.165, 1.54) is 19.4 Å². The number of pyridine rings is 1. The van der Waals surface area contributed by atoms with E-state index >= 15 is 0 Å². The van der Waals surface area contributed by atoms with Crippen molar-refractivity contribution in [2.75, 3.05) is 17.1 Å². The number of nitrogens with zero attached hydrogens (tertiary/aromatic N) is 3. The summed E-state index contributed by atoms with van der Waals surface area (Å²) >= 11 is 0.752.